The number of hydrogen-bond donors (Lipinski definition) is 1. The zero-order chi connectivity index (χ0) is 14.1. The van der Waals surface area contributed by atoms with Crippen LogP contribution in [-0.2, 0) is 11.3 Å². The minimum absolute atomic E-state index is 0.466. The first kappa shape index (κ1) is 14.2. The van der Waals surface area contributed by atoms with Gasteiger partial charge in [-0.15, -0.1) is 0 Å². The fourth-order valence-corrected chi connectivity index (χ4v) is 1.33. The van der Waals surface area contributed by atoms with Crippen molar-refractivity contribution < 1.29 is 28.0 Å². The minimum Gasteiger partial charge on any atom is -0.481 e. The van der Waals surface area contributed by atoms with Crippen LogP contribution in [0.5, 0.6) is 0 Å². The summed E-state index contributed by atoms with van der Waals surface area (Å²) in [5, 5.41) is 21.5. The first-order valence-electron chi connectivity index (χ1n) is 4.29. The lowest BCUT2D eigenvalue weighted by Gasteiger charge is -2.14. The Bertz CT molecular complexity index is 487. The highest BCUT2D eigenvalue weighted by Crippen LogP contribution is 2.29. The molecule has 0 fully saturated rings. The lowest BCUT2D eigenvalue weighted by atomic mass is 10.1. The molecule has 1 rings (SSSR count). The van der Waals surface area contributed by atoms with E-state index in [0.717, 1.165) is 6.20 Å². The predicted octanol–water partition coefficient (Wildman–Crippen LogP) is 1.71. The number of nitrogens with zero attached hydrogens (tertiary/aromatic N) is 3. The molecule has 100 valence electrons. The Labute approximate surface area is 102 Å². The van der Waals surface area contributed by atoms with Gasteiger partial charge >= 0.3 is 18.0 Å². The second-order valence-electron chi connectivity index (χ2n) is 3.21. The smallest absolute Gasteiger partial charge is 0.408 e. The largest absolute Gasteiger partial charge is 0.481 e. The van der Waals surface area contributed by atoms with Gasteiger partial charge in [-0.1, -0.05) is 11.6 Å². The zero-order valence-corrected chi connectivity index (χ0v) is 9.14. The van der Waals surface area contributed by atoms with Gasteiger partial charge in [-0.05, 0) is 4.92 Å². The van der Waals surface area contributed by atoms with Gasteiger partial charge in [0.05, 0.1) is 17.8 Å². The van der Waals surface area contributed by atoms with E-state index >= 15 is 0 Å². The first-order chi connectivity index (χ1) is 8.12. The lowest BCUT2D eigenvalue weighted by Crippen LogP contribution is -2.34. The van der Waals surface area contributed by atoms with Crippen LogP contribution in [0.1, 0.15) is 0 Å². The van der Waals surface area contributed by atoms with Gasteiger partial charge in [0.2, 0.25) is 0 Å². The third-order valence-corrected chi connectivity index (χ3v) is 2.20. The van der Waals surface area contributed by atoms with Crippen molar-refractivity contribution in [2.45, 2.75) is 12.7 Å². The summed E-state index contributed by atoms with van der Waals surface area (Å²) in [4.78, 5) is 19.8. The summed E-state index contributed by atoms with van der Waals surface area (Å²) in [5.74, 6) is -5.65. The number of halogens is 4. The normalized spacial score (nSPS) is 13.3. The molecule has 1 N–H and O–H groups in total. The Morgan fingerprint density at radius 3 is 2.56 bits per heavy atom. The molecule has 1 heterocycles. The van der Waals surface area contributed by atoms with E-state index in [2.05, 4.69) is 5.10 Å². The van der Waals surface area contributed by atoms with Crippen LogP contribution in [0.3, 0.4) is 0 Å². The molecular formula is C7H5ClF3N3O4. The topological polar surface area (TPSA) is 98.3 Å². The molecule has 0 radical (unpaired) electrons. The average Bonchev–Trinajstić information content (AvgIpc) is 2.53. The van der Waals surface area contributed by atoms with Crippen LogP contribution in [0.15, 0.2) is 6.20 Å². The summed E-state index contributed by atoms with van der Waals surface area (Å²) in [7, 11) is 0. The Hall–Kier alpha value is -1.84. The van der Waals surface area contributed by atoms with Gasteiger partial charge in [-0.25, -0.2) is 0 Å². The van der Waals surface area contributed by atoms with E-state index < -0.39 is 40.4 Å². The average molecular weight is 288 g/mol. The zero-order valence-electron chi connectivity index (χ0n) is 8.39. The number of hydrogen-bond acceptors (Lipinski definition) is 4. The van der Waals surface area contributed by atoms with E-state index in [1.807, 2.05) is 0 Å². The van der Waals surface area contributed by atoms with Crippen molar-refractivity contribution in [1.29, 1.82) is 0 Å². The lowest BCUT2D eigenvalue weighted by molar-refractivity contribution is -0.389. The second kappa shape index (κ2) is 4.80. The van der Waals surface area contributed by atoms with E-state index in [9.17, 15) is 28.1 Å². The molecule has 0 aromatic carbocycles. The quantitative estimate of drug-likeness (QED) is 0.671. The number of carboxylic acid groups (broad SMARTS) is 1. The Balaban J connectivity index is 2.99. The number of nitro groups is 1. The fraction of sp³-hybridized carbons (Fsp3) is 0.429. The summed E-state index contributed by atoms with van der Waals surface area (Å²) in [6.45, 7) is -1.09. The van der Waals surface area contributed by atoms with Crippen LogP contribution in [0.2, 0.25) is 5.02 Å². The van der Waals surface area contributed by atoms with Crippen LogP contribution in [0.25, 0.3) is 0 Å². The summed E-state index contributed by atoms with van der Waals surface area (Å²) < 4.78 is 37.5. The molecule has 1 aromatic rings. The number of rotatable bonds is 4. The van der Waals surface area contributed by atoms with Gasteiger partial charge in [-0.2, -0.15) is 17.9 Å². The maximum atomic E-state index is 12.3. The molecule has 1 unspecified atom stereocenters. The number of carboxylic acids is 1. The van der Waals surface area contributed by atoms with E-state index in [4.69, 9.17) is 16.7 Å². The molecule has 18 heavy (non-hydrogen) atoms. The molecular weight excluding hydrogens is 283 g/mol. The van der Waals surface area contributed by atoms with Crippen LogP contribution in [0, 0.1) is 16.0 Å². The van der Waals surface area contributed by atoms with Gasteiger partial charge < -0.3 is 15.2 Å². The number of alkyl halides is 3. The summed E-state index contributed by atoms with van der Waals surface area (Å²) in [6, 6.07) is 0. The number of carbonyl (C=O) groups is 1. The molecule has 0 saturated carbocycles. The first-order valence-corrected chi connectivity index (χ1v) is 4.67. The standard InChI is InChI=1S/C7H5ClF3N3O4/c8-4-2-13(12-5(4)14(17)18)1-3(6(15)16)7(9,10)11/h2-3H,1H2,(H,15,16). The summed E-state index contributed by atoms with van der Waals surface area (Å²) in [6.07, 6.45) is -4.22. The molecule has 0 aliphatic carbocycles. The van der Waals surface area contributed by atoms with E-state index in [0.29, 0.717) is 4.68 Å². The van der Waals surface area contributed by atoms with Gasteiger partial charge in [0.25, 0.3) is 0 Å². The monoisotopic (exact) mass is 287 g/mol. The van der Waals surface area contributed by atoms with E-state index in [-0.39, 0.29) is 0 Å². The van der Waals surface area contributed by atoms with Crippen molar-refractivity contribution >= 4 is 23.4 Å². The van der Waals surface area contributed by atoms with Crippen LogP contribution in [0.4, 0.5) is 19.0 Å². The molecule has 0 aliphatic heterocycles. The third kappa shape index (κ3) is 3.09. The molecule has 0 spiro atoms. The molecule has 0 saturated heterocycles. The molecule has 0 aliphatic rings. The van der Waals surface area contributed by atoms with Crippen molar-refractivity contribution in [3.05, 3.63) is 21.3 Å². The highest BCUT2D eigenvalue weighted by atomic mass is 35.5. The van der Waals surface area contributed by atoms with Gasteiger partial charge in [0, 0.05) is 0 Å². The third-order valence-electron chi connectivity index (χ3n) is 1.93. The van der Waals surface area contributed by atoms with Gasteiger partial charge in [0.15, 0.2) is 10.9 Å². The van der Waals surface area contributed by atoms with Crippen molar-refractivity contribution in [3.63, 3.8) is 0 Å². The Morgan fingerprint density at radius 2 is 2.22 bits per heavy atom. The van der Waals surface area contributed by atoms with E-state index in [1.165, 1.54) is 0 Å². The molecule has 1 atom stereocenters. The van der Waals surface area contributed by atoms with E-state index in [1.54, 1.807) is 0 Å². The molecule has 0 bridgehead atoms. The highest BCUT2D eigenvalue weighted by Gasteiger charge is 2.46. The predicted molar refractivity (Wildman–Crippen MR) is 51.1 cm³/mol. The Morgan fingerprint density at radius 1 is 1.67 bits per heavy atom. The maximum absolute atomic E-state index is 12.3. The van der Waals surface area contributed by atoms with Crippen molar-refractivity contribution in [2.75, 3.05) is 0 Å². The number of aliphatic carboxylic acids is 1. The second-order valence-corrected chi connectivity index (χ2v) is 3.62. The van der Waals surface area contributed by atoms with Crippen molar-refractivity contribution in [3.8, 4) is 0 Å². The van der Waals surface area contributed by atoms with Crippen molar-refractivity contribution in [1.82, 2.24) is 9.78 Å². The van der Waals surface area contributed by atoms with Gasteiger partial charge in [-0.3, -0.25) is 4.79 Å². The van der Waals surface area contributed by atoms with Crippen LogP contribution >= 0.6 is 11.6 Å². The SMILES string of the molecule is O=C(O)C(Cn1cc(Cl)c([N+](=O)[O-])n1)C(F)(F)F. The molecule has 1 aromatic heterocycles. The highest BCUT2D eigenvalue weighted by molar-refractivity contribution is 6.32. The Kier molecular flexibility index (Phi) is 3.79. The molecule has 7 nitrogen and oxygen atoms in total. The summed E-state index contributed by atoms with van der Waals surface area (Å²) in [5.41, 5.74) is 0. The van der Waals surface area contributed by atoms with Gasteiger partial charge in [0.1, 0.15) is 0 Å². The molecule has 11 heteroatoms. The minimum atomic E-state index is -4.99. The maximum Gasteiger partial charge on any atom is 0.408 e. The molecule has 0 amide bonds. The van der Waals surface area contributed by atoms with Crippen molar-refractivity contribution in [2.24, 2.45) is 5.92 Å². The fourth-order valence-electron chi connectivity index (χ4n) is 1.11. The van der Waals surface area contributed by atoms with Crippen LogP contribution in [-0.4, -0.2) is 32.0 Å². The van der Waals surface area contributed by atoms with Crippen LogP contribution < -0.4 is 0 Å². The number of aromatic nitrogens is 2. The summed E-state index contributed by atoms with van der Waals surface area (Å²) >= 11 is 5.36.